The average Bonchev–Trinajstić information content (AvgIpc) is 3.15. The van der Waals surface area contributed by atoms with Gasteiger partial charge in [-0.25, -0.2) is 0 Å². The van der Waals surface area contributed by atoms with Gasteiger partial charge in [0.2, 0.25) is 5.91 Å². The normalized spacial score (nSPS) is 10.8. The third-order valence-electron chi connectivity index (χ3n) is 4.70. The molecular formula is C24H22N4OS. The van der Waals surface area contributed by atoms with Gasteiger partial charge in [-0.15, -0.1) is 16.8 Å². The fraction of sp³-hybridized carbons (Fsp3) is 0.125. The third kappa shape index (κ3) is 4.44. The molecule has 0 saturated carbocycles. The van der Waals surface area contributed by atoms with Gasteiger partial charge in [0.05, 0.1) is 5.75 Å². The molecule has 0 fully saturated rings. The van der Waals surface area contributed by atoms with Crippen LogP contribution in [0.4, 0.5) is 5.69 Å². The Morgan fingerprint density at radius 2 is 1.83 bits per heavy atom. The maximum atomic E-state index is 12.5. The minimum Gasteiger partial charge on any atom is -0.325 e. The van der Waals surface area contributed by atoms with Crippen molar-refractivity contribution >= 4 is 34.1 Å². The van der Waals surface area contributed by atoms with E-state index in [0.717, 1.165) is 27.8 Å². The molecule has 0 aliphatic carbocycles. The molecule has 4 rings (SSSR count). The van der Waals surface area contributed by atoms with E-state index >= 15 is 0 Å². The number of rotatable bonds is 7. The average molecular weight is 415 g/mol. The summed E-state index contributed by atoms with van der Waals surface area (Å²) in [5.41, 5.74) is 2.96. The van der Waals surface area contributed by atoms with E-state index in [-0.39, 0.29) is 11.7 Å². The zero-order chi connectivity index (χ0) is 20.9. The van der Waals surface area contributed by atoms with Gasteiger partial charge in [0.1, 0.15) is 0 Å². The molecule has 0 spiro atoms. The fourth-order valence-electron chi connectivity index (χ4n) is 3.20. The first-order valence-corrected chi connectivity index (χ1v) is 10.6. The molecule has 0 unspecified atom stereocenters. The SMILES string of the molecule is C=CCn1c(SCC(=O)Nc2ccc3ccccc3c2)nnc1-c1ccc(C)cc1. The fourth-order valence-corrected chi connectivity index (χ4v) is 3.95. The summed E-state index contributed by atoms with van der Waals surface area (Å²) in [7, 11) is 0. The van der Waals surface area contributed by atoms with Crippen LogP contribution in [0.2, 0.25) is 0 Å². The number of benzene rings is 3. The standard InChI is InChI=1S/C24H22N4OS/c1-3-14-28-23(19-10-8-17(2)9-11-19)26-27-24(28)30-16-22(29)25-21-13-12-18-6-4-5-7-20(18)15-21/h3-13,15H,1,14,16H2,2H3,(H,25,29). The highest BCUT2D eigenvalue weighted by Gasteiger charge is 2.15. The highest BCUT2D eigenvalue weighted by atomic mass is 32.2. The van der Waals surface area contributed by atoms with Crippen molar-refractivity contribution in [1.82, 2.24) is 14.8 Å². The number of carbonyl (C=O) groups is 1. The Morgan fingerprint density at radius 3 is 2.60 bits per heavy atom. The van der Waals surface area contributed by atoms with Crippen LogP contribution in [0.15, 0.2) is 84.5 Å². The molecule has 1 amide bonds. The van der Waals surface area contributed by atoms with Crippen LogP contribution in [0.25, 0.3) is 22.2 Å². The van der Waals surface area contributed by atoms with E-state index in [4.69, 9.17) is 0 Å². The van der Waals surface area contributed by atoms with Crippen molar-refractivity contribution in [3.8, 4) is 11.4 Å². The van der Waals surface area contributed by atoms with Crippen LogP contribution in [0.5, 0.6) is 0 Å². The van der Waals surface area contributed by atoms with Gasteiger partial charge in [-0.2, -0.15) is 0 Å². The second-order valence-electron chi connectivity index (χ2n) is 6.97. The third-order valence-corrected chi connectivity index (χ3v) is 5.67. The number of hydrogen-bond acceptors (Lipinski definition) is 4. The first kappa shape index (κ1) is 19.9. The Labute approximate surface area is 179 Å². The highest BCUT2D eigenvalue weighted by Crippen LogP contribution is 2.25. The number of aryl methyl sites for hydroxylation is 1. The van der Waals surface area contributed by atoms with Gasteiger partial charge in [-0.05, 0) is 29.8 Å². The van der Waals surface area contributed by atoms with Crippen LogP contribution in [-0.2, 0) is 11.3 Å². The summed E-state index contributed by atoms with van der Waals surface area (Å²) in [5.74, 6) is 0.934. The topological polar surface area (TPSA) is 59.8 Å². The van der Waals surface area contributed by atoms with Gasteiger partial charge in [-0.1, -0.05) is 78.0 Å². The Kier molecular flexibility index (Phi) is 5.95. The summed E-state index contributed by atoms with van der Waals surface area (Å²) >= 11 is 1.37. The van der Waals surface area contributed by atoms with E-state index in [1.54, 1.807) is 6.08 Å². The molecule has 0 aliphatic heterocycles. The Morgan fingerprint density at radius 1 is 1.07 bits per heavy atom. The van der Waals surface area contributed by atoms with Gasteiger partial charge in [-0.3, -0.25) is 9.36 Å². The van der Waals surface area contributed by atoms with E-state index in [2.05, 4.69) is 28.2 Å². The van der Waals surface area contributed by atoms with Crippen molar-refractivity contribution < 1.29 is 4.79 Å². The molecule has 0 atom stereocenters. The van der Waals surface area contributed by atoms with E-state index in [9.17, 15) is 4.79 Å². The summed E-state index contributed by atoms with van der Waals surface area (Å²) < 4.78 is 1.98. The molecule has 150 valence electrons. The maximum Gasteiger partial charge on any atom is 0.234 e. The number of thioether (sulfide) groups is 1. The summed E-state index contributed by atoms with van der Waals surface area (Å²) in [5, 5.41) is 14.5. The number of allylic oxidation sites excluding steroid dienone is 1. The van der Waals surface area contributed by atoms with E-state index < -0.39 is 0 Å². The van der Waals surface area contributed by atoms with E-state index in [1.807, 2.05) is 72.2 Å². The summed E-state index contributed by atoms with van der Waals surface area (Å²) in [6, 6.07) is 22.1. The van der Waals surface area contributed by atoms with E-state index in [0.29, 0.717) is 11.7 Å². The zero-order valence-electron chi connectivity index (χ0n) is 16.7. The molecule has 0 bridgehead atoms. The van der Waals surface area contributed by atoms with Crippen molar-refractivity contribution in [1.29, 1.82) is 0 Å². The van der Waals surface area contributed by atoms with Crippen LogP contribution in [0, 0.1) is 6.92 Å². The largest absolute Gasteiger partial charge is 0.325 e. The molecule has 30 heavy (non-hydrogen) atoms. The lowest BCUT2D eigenvalue weighted by Gasteiger charge is -2.09. The lowest BCUT2D eigenvalue weighted by atomic mass is 10.1. The number of fused-ring (bicyclic) bond motifs is 1. The molecule has 0 saturated heterocycles. The Balaban J connectivity index is 1.46. The molecule has 0 radical (unpaired) electrons. The predicted molar refractivity (Wildman–Crippen MR) is 124 cm³/mol. The zero-order valence-corrected chi connectivity index (χ0v) is 17.5. The first-order valence-electron chi connectivity index (χ1n) is 9.66. The number of anilines is 1. The molecule has 6 heteroatoms. The van der Waals surface area contributed by atoms with Crippen molar-refractivity contribution in [3.63, 3.8) is 0 Å². The number of amides is 1. The summed E-state index contributed by atoms with van der Waals surface area (Å²) in [6.07, 6.45) is 1.81. The van der Waals surface area contributed by atoms with Crippen LogP contribution in [-0.4, -0.2) is 26.4 Å². The Hall–Kier alpha value is -3.38. The molecule has 1 heterocycles. The smallest absolute Gasteiger partial charge is 0.234 e. The highest BCUT2D eigenvalue weighted by molar-refractivity contribution is 7.99. The molecular weight excluding hydrogens is 392 g/mol. The number of carbonyl (C=O) groups excluding carboxylic acids is 1. The molecule has 5 nitrogen and oxygen atoms in total. The molecule has 4 aromatic rings. The lowest BCUT2D eigenvalue weighted by molar-refractivity contribution is -0.113. The van der Waals surface area contributed by atoms with Gasteiger partial charge in [0, 0.05) is 17.8 Å². The summed E-state index contributed by atoms with van der Waals surface area (Å²) in [4.78, 5) is 12.5. The first-order chi connectivity index (χ1) is 14.6. The van der Waals surface area contributed by atoms with Crippen molar-refractivity contribution in [2.75, 3.05) is 11.1 Å². The summed E-state index contributed by atoms with van der Waals surface area (Å²) in [6.45, 7) is 6.46. The second-order valence-corrected chi connectivity index (χ2v) is 7.91. The monoisotopic (exact) mass is 414 g/mol. The lowest BCUT2D eigenvalue weighted by Crippen LogP contribution is -2.14. The van der Waals surface area contributed by atoms with Gasteiger partial charge >= 0.3 is 0 Å². The minimum absolute atomic E-state index is 0.0830. The number of aromatic nitrogens is 3. The van der Waals surface area contributed by atoms with Crippen LogP contribution >= 0.6 is 11.8 Å². The van der Waals surface area contributed by atoms with Crippen molar-refractivity contribution in [2.24, 2.45) is 0 Å². The maximum absolute atomic E-state index is 12.5. The number of nitrogens with one attached hydrogen (secondary N) is 1. The van der Waals surface area contributed by atoms with Crippen LogP contribution in [0.1, 0.15) is 5.56 Å². The minimum atomic E-state index is -0.0830. The van der Waals surface area contributed by atoms with Crippen molar-refractivity contribution in [3.05, 3.63) is 84.9 Å². The van der Waals surface area contributed by atoms with E-state index in [1.165, 1.54) is 17.3 Å². The van der Waals surface area contributed by atoms with Crippen LogP contribution in [0.3, 0.4) is 0 Å². The Bertz CT molecular complexity index is 1200. The van der Waals surface area contributed by atoms with Gasteiger partial charge in [0.15, 0.2) is 11.0 Å². The van der Waals surface area contributed by atoms with Gasteiger partial charge < -0.3 is 5.32 Å². The molecule has 0 aliphatic rings. The van der Waals surface area contributed by atoms with Crippen LogP contribution < -0.4 is 5.32 Å². The predicted octanol–water partition coefficient (Wildman–Crippen LogP) is 5.32. The second kappa shape index (κ2) is 8.97. The quantitative estimate of drug-likeness (QED) is 0.328. The molecule has 1 N–H and O–H groups in total. The van der Waals surface area contributed by atoms with Crippen molar-refractivity contribution in [2.45, 2.75) is 18.6 Å². The van der Waals surface area contributed by atoms with Gasteiger partial charge in [0.25, 0.3) is 0 Å². The number of hydrogen-bond donors (Lipinski definition) is 1. The molecule has 1 aromatic heterocycles. The number of nitrogens with zero attached hydrogens (tertiary/aromatic N) is 3. The molecule has 3 aromatic carbocycles.